The first-order valence-corrected chi connectivity index (χ1v) is 9.99. The molecule has 146 valence electrons. The van der Waals surface area contributed by atoms with Gasteiger partial charge >= 0.3 is 0 Å². The van der Waals surface area contributed by atoms with E-state index in [1.165, 1.54) is 17.3 Å². The van der Waals surface area contributed by atoms with Gasteiger partial charge in [-0.15, -0.1) is 10.2 Å². The number of aromatic nitrogens is 5. The number of nitrogens with one attached hydrogen (secondary N) is 1. The number of carbonyl (C=O) groups is 1. The molecule has 0 aliphatic rings. The second kappa shape index (κ2) is 8.64. The van der Waals surface area contributed by atoms with Crippen molar-refractivity contribution in [1.82, 2.24) is 25.0 Å². The van der Waals surface area contributed by atoms with Crippen LogP contribution < -0.4 is 5.32 Å². The van der Waals surface area contributed by atoms with Crippen LogP contribution in [0.5, 0.6) is 0 Å². The van der Waals surface area contributed by atoms with Crippen LogP contribution in [0.2, 0.25) is 10.0 Å². The summed E-state index contributed by atoms with van der Waals surface area (Å²) >= 11 is 13.1. The van der Waals surface area contributed by atoms with Gasteiger partial charge in [-0.05, 0) is 42.5 Å². The molecule has 4 rings (SSSR count). The minimum absolute atomic E-state index is 0.0750. The number of rotatable bonds is 6. The number of thioether (sulfide) groups is 1. The molecule has 0 fully saturated rings. The lowest BCUT2D eigenvalue weighted by Crippen LogP contribution is -2.16. The maximum Gasteiger partial charge on any atom is 0.277 e. The number of hydrogen-bond donors (Lipinski definition) is 1. The smallest absolute Gasteiger partial charge is 0.277 e. The third kappa shape index (κ3) is 4.76. The highest BCUT2D eigenvalue weighted by Crippen LogP contribution is 2.26. The zero-order chi connectivity index (χ0) is 20.2. The van der Waals surface area contributed by atoms with Gasteiger partial charge in [-0.1, -0.05) is 35.0 Å². The van der Waals surface area contributed by atoms with Gasteiger partial charge in [0.1, 0.15) is 12.7 Å². The molecule has 11 heteroatoms. The Morgan fingerprint density at radius 3 is 2.66 bits per heavy atom. The Morgan fingerprint density at radius 1 is 1.10 bits per heavy atom. The van der Waals surface area contributed by atoms with Gasteiger partial charge in [0.2, 0.25) is 11.8 Å². The van der Waals surface area contributed by atoms with Crippen molar-refractivity contribution in [2.75, 3.05) is 11.1 Å². The lowest BCUT2D eigenvalue weighted by Gasteiger charge is -2.10. The molecule has 0 bridgehead atoms. The highest BCUT2D eigenvalue weighted by atomic mass is 35.5. The predicted molar refractivity (Wildman–Crippen MR) is 110 cm³/mol. The van der Waals surface area contributed by atoms with Gasteiger partial charge in [-0.3, -0.25) is 4.79 Å². The summed E-state index contributed by atoms with van der Waals surface area (Å²) in [7, 11) is 0. The molecule has 0 saturated heterocycles. The summed E-state index contributed by atoms with van der Waals surface area (Å²) in [5.41, 5.74) is 1.91. The topological polar surface area (TPSA) is 98.7 Å². The van der Waals surface area contributed by atoms with Crippen LogP contribution in [0, 0.1) is 0 Å². The average molecular weight is 447 g/mol. The van der Waals surface area contributed by atoms with Crippen molar-refractivity contribution in [2.45, 2.75) is 5.22 Å². The molecule has 2 heterocycles. The number of benzene rings is 2. The minimum atomic E-state index is -0.259. The van der Waals surface area contributed by atoms with E-state index in [1.54, 1.807) is 42.5 Å². The minimum Gasteiger partial charge on any atom is -0.411 e. The van der Waals surface area contributed by atoms with Crippen molar-refractivity contribution in [2.24, 2.45) is 0 Å². The van der Waals surface area contributed by atoms with Crippen LogP contribution in [0.4, 0.5) is 5.69 Å². The number of anilines is 1. The van der Waals surface area contributed by atoms with E-state index in [9.17, 15) is 4.79 Å². The molecule has 1 amide bonds. The van der Waals surface area contributed by atoms with E-state index in [-0.39, 0.29) is 16.9 Å². The van der Waals surface area contributed by atoms with E-state index in [4.69, 9.17) is 27.6 Å². The van der Waals surface area contributed by atoms with E-state index >= 15 is 0 Å². The largest absolute Gasteiger partial charge is 0.411 e. The van der Waals surface area contributed by atoms with Crippen LogP contribution in [0.3, 0.4) is 0 Å². The second-order valence-corrected chi connectivity index (χ2v) is 7.52. The van der Waals surface area contributed by atoms with E-state index in [1.807, 2.05) is 0 Å². The Morgan fingerprint density at radius 2 is 1.90 bits per heavy atom. The monoisotopic (exact) mass is 446 g/mol. The van der Waals surface area contributed by atoms with Gasteiger partial charge in [0.15, 0.2) is 0 Å². The molecule has 0 saturated carbocycles. The lowest BCUT2D eigenvalue weighted by atomic mass is 10.2. The van der Waals surface area contributed by atoms with E-state index < -0.39 is 0 Å². The quantitative estimate of drug-likeness (QED) is 0.439. The molecule has 4 aromatic rings. The van der Waals surface area contributed by atoms with Crippen LogP contribution in [0.1, 0.15) is 0 Å². The summed E-state index contributed by atoms with van der Waals surface area (Å²) in [4.78, 5) is 16.3. The maximum absolute atomic E-state index is 12.4. The molecule has 2 aromatic heterocycles. The average Bonchev–Trinajstić information content (AvgIpc) is 3.39. The summed E-state index contributed by atoms with van der Waals surface area (Å²) in [6, 6.07) is 12.1. The maximum atomic E-state index is 12.4. The Labute approximate surface area is 179 Å². The first-order valence-electron chi connectivity index (χ1n) is 8.25. The highest BCUT2D eigenvalue weighted by Gasteiger charge is 2.14. The first-order chi connectivity index (χ1) is 14.1. The number of amides is 1. The molecular weight excluding hydrogens is 435 g/mol. The van der Waals surface area contributed by atoms with Crippen molar-refractivity contribution in [3.63, 3.8) is 0 Å². The fourth-order valence-electron chi connectivity index (χ4n) is 2.43. The van der Waals surface area contributed by atoms with E-state index in [2.05, 4.69) is 25.6 Å². The van der Waals surface area contributed by atoms with Crippen molar-refractivity contribution in [3.8, 4) is 17.1 Å². The summed E-state index contributed by atoms with van der Waals surface area (Å²) in [6.07, 6.45) is 2.94. The predicted octanol–water partition coefficient (Wildman–Crippen LogP) is 4.35. The zero-order valence-electron chi connectivity index (χ0n) is 14.6. The molecule has 8 nitrogen and oxygen atoms in total. The Hall–Kier alpha value is -2.88. The summed E-state index contributed by atoms with van der Waals surface area (Å²) in [5.74, 6) is 0.170. The summed E-state index contributed by atoms with van der Waals surface area (Å²) in [6.45, 7) is 0. The molecule has 0 radical (unpaired) electrons. The molecule has 2 aromatic carbocycles. The van der Waals surface area contributed by atoms with Crippen LogP contribution in [0.15, 0.2) is 64.8 Å². The zero-order valence-corrected chi connectivity index (χ0v) is 16.9. The van der Waals surface area contributed by atoms with Gasteiger partial charge in [0, 0.05) is 15.6 Å². The number of nitrogens with zero attached hydrogens (tertiary/aromatic N) is 5. The fraction of sp³-hybridized carbons (Fsp3) is 0.0556. The normalized spacial score (nSPS) is 10.8. The molecular formula is C18H12Cl2N6O2S. The SMILES string of the molecule is O=C(CSc1nnc(-c2ccc(Cl)cc2)o1)Nc1cc(Cl)ccc1-n1cncn1. The number of halogens is 2. The third-order valence-electron chi connectivity index (χ3n) is 3.72. The van der Waals surface area contributed by atoms with Crippen molar-refractivity contribution >= 4 is 46.6 Å². The molecule has 0 atom stereocenters. The second-order valence-electron chi connectivity index (χ2n) is 5.72. The van der Waals surface area contributed by atoms with Gasteiger partial charge in [-0.25, -0.2) is 9.67 Å². The molecule has 0 unspecified atom stereocenters. The van der Waals surface area contributed by atoms with Crippen LogP contribution in [-0.4, -0.2) is 36.6 Å². The number of hydrogen-bond acceptors (Lipinski definition) is 7. The molecule has 0 aliphatic heterocycles. The molecule has 1 N–H and O–H groups in total. The van der Waals surface area contributed by atoms with Gasteiger partial charge in [-0.2, -0.15) is 5.10 Å². The van der Waals surface area contributed by atoms with Crippen molar-refractivity contribution in [1.29, 1.82) is 0 Å². The first kappa shape index (κ1) is 19.4. The molecule has 0 aliphatic carbocycles. The van der Waals surface area contributed by atoms with Crippen LogP contribution in [-0.2, 0) is 4.79 Å². The lowest BCUT2D eigenvalue weighted by molar-refractivity contribution is -0.113. The third-order valence-corrected chi connectivity index (χ3v) is 5.03. The number of carbonyl (C=O) groups excluding carboxylic acids is 1. The Bertz CT molecular complexity index is 1130. The standard InChI is InChI=1S/C18H12Cl2N6O2S/c19-12-3-1-11(2-4-12)17-24-25-18(28-17)29-8-16(27)23-14-7-13(20)5-6-15(14)26-10-21-9-22-26/h1-7,9-10H,8H2,(H,23,27). The van der Waals surface area contributed by atoms with Crippen LogP contribution >= 0.6 is 35.0 Å². The fourth-order valence-corrected chi connectivity index (χ4v) is 3.29. The van der Waals surface area contributed by atoms with Crippen molar-refractivity contribution < 1.29 is 9.21 Å². The Kier molecular flexibility index (Phi) is 5.79. The van der Waals surface area contributed by atoms with Crippen molar-refractivity contribution in [3.05, 3.63) is 65.2 Å². The molecule has 29 heavy (non-hydrogen) atoms. The van der Waals surface area contributed by atoms with E-state index in [0.29, 0.717) is 27.3 Å². The summed E-state index contributed by atoms with van der Waals surface area (Å²) in [5, 5.41) is 16.2. The van der Waals surface area contributed by atoms with Gasteiger partial charge < -0.3 is 9.73 Å². The van der Waals surface area contributed by atoms with Gasteiger partial charge in [0.05, 0.1) is 17.1 Å². The van der Waals surface area contributed by atoms with Gasteiger partial charge in [0.25, 0.3) is 5.22 Å². The Balaban J connectivity index is 1.41. The van der Waals surface area contributed by atoms with E-state index in [0.717, 1.165) is 17.3 Å². The summed E-state index contributed by atoms with van der Waals surface area (Å²) < 4.78 is 7.12. The highest BCUT2D eigenvalue weighted by molar-refractivity contribution is 7.99. The van der Waals surface area contributed by atoms with Crippen LogP contribution in [0.25, 0.3) is 17.1 Å². The molecule has 0 spiro atoms.